The highest BCUT2D eigenvalue weighted by Crippen LogP contribution is 2.18. The number of thioether (sulfide) groups is 1. The zero-order valence-corrected chi connectivity index (χ0v) is 19.5. The van der Waals surface area contributed by atoms with Crippen LogP contribution in [0.3, 0.4) is 0 Å². The lowest BCUT2D eigenvalue weighted by molar-refractivity contribution is -0.120. The SMILES string of the molecule is COc1ccc(CC(=O)NCc2nnc(SCC(=O)Nc3cc(C)cc(C)c3)n2C)cc1. The van der Waals surface area contributed by atoms with E-state index in [0.29, 0.717) is 11.0 Å². The van der Waals surface area contributed by atoms with Crippen LogP contribution in [0.5, 0.6) is 5.75 Å². The van der Waals surface area contributed by atoms with E-state index in [0.717, 1.165) is 28.1 Å². The van der Waals surface area contributed by atoms with Gasteiger partial charge in [0, 0.05) is 12.7 Å². The fraction of sp³-hybridized carbons (Fsp3) is 0.304. The van der Waals surface area contributed by atoms with E-state index in [1.165, 1.54) is 11.8 Å². The normalized spacial score (nSPS) is 10.6. The molecule has 0 spiro atoms. The van der Waals surface area contributed by atoms with E-state index in [1.54, 1.807) is 11.7 Å². The van der Waals surface area contributed by atoms with Gasteiger partial charge in [-0.3, -0.25) is 9.59 Å². The third-order valence-corrected chi connectivity index (χ3v) is 5.75. The molecule has 3 aromatic rings. The summed E-state index contributed by atoms with van der Waals surface area (Å²) in [6.45, 7) is 4.25. The smallest absolute Gasteiger partial charge is 0.234 e. The number of nitrogens with zero attached hydrogens (tertiary/aromatic N) is 3. The number of anilines is 1. The van der Waals surface area contributed by atoms with Crippen LogP contribution in [-0.2, 0) is 29.6 Å². The van der Waals surface area contributed by atoms with Crippen LogP contribution in [0, 0.1) is 13.8 Å². The maximum Gasteiger partial charge on any atom is 0.234 e. The first kappa shape index (κ1) is 23.3. The summed E-state index contributed by atoms with van der Waals surface area (Å²) in [5, 5.41) is 14.6. The Morgan fingerprint density at radius 1 is 1.03 bits per heavy atom. The largest absolute Gasteiger partial charge is 0.497 e. The lowest BCUT2D eigenvalue weighted by Gasteiger charge is -2.08. The Kier molecular flexibility index (Phi) is 7.88. The van der Waals surface area contributed by atoms with Crippen LogP contribution in [0.25, 0.3) is 0 Å². The fourth-order valence-electron chi connectivity index (χ4n) is 3.17. The average molecular weight is 454 g/mol. The predicted molar refractivity (Wildman–Crippen MR) is 125 cm³/mol. The second-order valence-corrected chi connectivity index (χ2v) is 8.42. The summed E-state index contributed by atoms with van der Waals surface area (Å²) in [7, 11) is 3.42. The van der Waals surface area contributed by atoms with Gasteiger partial charge >= 0.3 is 0 Å². The van der Waals surface area contributed by atoms with Crippen molar-refractivity contribution in [3.8, 4) is 5.75 Å². The molecule has 1 heterocycles. The standard InChI is InChI=1S/C23H27N5O3S/c1-15-9-16(2)11-18(10-15)25-22(30)14-32-23-27-26-20(28(23)3)13-24-21(29)12-17-5-7-19(31-4)8-6-17/h5-11H,12-14H2,1-4H3,(H,24,29)(H,25,30). The van der Waals surface area contributed by atoms with Crippen molar-refractivity contribution < 1.29 is 14.3 Å². The Morgan fingerprint density at radius 2 is 1.72 bits per heavy atom. The van der Waals surface area contributed by atoms with Gasteiger partial charge in [-0.1, -0.05) is 30.0 Å². The molecule has 0 atom stereocenters. The van der Waals surface area contributed by atoms with Gasteiger partial charge in [-0.25, -0.2) is 0 Å². The van der Waals surface area contributed by atoms with Crippen LogP contribution in [0.2, 0.25) is 0 Å². The quantitative estimate of drug-likeness (QED) is 0.483. The maximum atomic E-state index is 12.3. The maximum absolute atomic E-state index is 12.3. The van der Waals surface area contributed by atoms with E-state index in [1.807, 2.05) is 57.3 Å². The minimum absolute atomic E-state index is 0.111. The van der Waals surface area contributed by atoms with Crippen LogP contribution in [0.1, 0.15) is 22.5 Å². The number of carbonyl (C=O) groups is 2. The Morgan fingerprint density at radius 3 is 2.38 bits per heavy atom. The molecule has 0 radical (unpaired) electrons. The van der Waals surface area contributed by atoms with Crippen LogP contribution in [-0.4, -0.2) is 39.4 Å². The number of methoxy groups -OCH3 is 1. The number of benzene rings is 2. The summed E-state index contributed by atoms with van der Waals surface area (Å²) >= 11 is 1.30. The molecule has 3 rings (SSSR count). The van der Waals surface area contributed by atoms with E-state index in [4.69, 9.17) is 4.74 Å². The van der Waals surface area contributed by atoms with Gasteiger partial charge in [0.05, 0.1) is 25.8 Å². The lowest BCUT2D eigenvalue weighted by atomic mass is 10.1. The second-order valence-electron chi connectivity index (χ2n) is 7.47. The summed E-state index contributed by atoms with van der Waals surface area (Å²) in [4.78, 5) is 24.5. The van der Waals surface area contributed by atoms with Gasteiger partial charge in [-0.15, -0.1) is 10.2 Å². The zero-order valence-electron chi connectivity index (χ0n) is 18.6. The van der Waals surface area contributed by atoms with E-state index in [-0.39, 0.29) is 30.5 Å². The molecule has 1 aromatic heterocycles. The minimum Gasteiger partial charge on any atom is -0.497 e. The number of ether oxygens (including phenoxy) is 1. The molecule has 2 aromatic carbocycles. The Bertz CT molecular complexity index is 1080. The van der Waals surface area contributed by atoms with Gasteiger partial charge in [0.1, 0.15) is 5.75 Å². The van der Waals surface area contributed by atoms with Crippen molar-refractivity contribution >= 4 is 29.3 Å². The number of amides is 2. The molecule has 2 N–H and O–H groups in total. The van der Waals surface area contributed by atoms with Gasteiger partial charge in [0.15, 0.2) is 11.0 Å². The van der Waals surface area contributed by atoms with Gasteiger partial charge in [-0.05, 0) is 54.8 Å². The third kappa shape index (κ3) is 6.58. The van der Waals surface area contributed by atoms with E-state index in [2.05, 4.69) is 26.9 Å². The van der Waals surface area contributed by atoms with Crippen LogP contribution in [0.4, 0.5) is 5.69 Å². The molecule has 0 fully saturated rings. The lowest BCUT2D eigenvalue weighted by Crippen LogP contribution is -2.26. The van der Waals surface area contributed by atoms with Crippen LogP contribution >= 0.6 is 11.8 Å². The van der Waals surface area contributed by atoms with Crippen molar-refractivity contribution in [3.63, 3.8) is 0 Å². The molecule has 9 heteroatoms. The topological polar surface area (TPSA) is 98.1 Å². The molecule has 0 bridgehead atoms. The van der Waals surface area contributed by atoms with Crippen molar-refractivity contribution in [1.82, 2.24) is 20.1 Å². The molecule has 0 aliphatic rings. The van der Waals surface area contributed by atoms with Crippen molar-refractivity contribution in [1.29, 1.82) is 0 Å². The molecule has 0 aliphatic heterocycles. The number of hydrogen-bond donors (Lipinski definition) is 2. The number of aromatic nitrogens is 3. The number of aryl methyl sites for hydroxylation is 2. The highest BCUT2D eigenvalue weighted by molar-refractivity contribution is 7.99. The van der Waals surface area contributed by atoms with Crippen molar-refractivity contribution in [3.05, 3.63) is 65.0 Å². The Hall–Kier alpha value is -3.33. The van der Waals surface area contributed by atoms with E-state index in [9.17, 15) is 9.59 Å². The first-order valence-electron chi connectivity index (χ1n) is 10.1. The molecule has 2 amide bonds. The third-order valence-electron chi connectivity index (χ3n) is 4.73. The molecular weight excluding hydrogens is 426 g/mol. The first-order chi connectivity index (χ1) is 15.3. The molecular formula is C23H27N5O3S. The minimum atomic E-state index is -0.114. The summed E-state index contributed by atoms with van der Waals surface area (Å²) in [5.74, 6) is 1.35. The molecule has 168 valence electrons. The second kappa shape index (κ2) is 10.8. The monoisotopic (exact) mass is 453 g/mol. The molecule has 0 unspecified atom stereocenters. The number of carbonyl (C=O) groups excluding carboxylic acids is 2. The summed E-state index contributed by atoms with van der Waals surface area (Å²) in [6.07, 6.45) is 0.266. The van der Waals surface area contributed by atoms with Gasteiger partial charge in [0.25, 0.3) is 0 Å². The first-order valence-corrected chi connectivity index (χ1v) is 11.1. The summed E-state index contributed by atoms with van der Waals surface area (Å²) in [6, 6.07) is 13.3. The summed E-state index contributed by atoms with van der Waals surface area (Å²) < 4.78 is 6.90. The van der Waals surface area contributed by atoms with Gasteiger partial charge in [0.2, 0.25) is 11.8 Å². The number of rotatable bonds is 9. The Balaban J connectivity index is 1.47. The fourth-order valence-corrected chi connectivity index (χ4v) is 3.90. The van der Waals surface area contributed by atoms with Crippen LogP contribution < -0.4 is 15.4 Å². The summed E-state index contributed by atoms with van der Waals surface area (Å²) in [5.41, 5.74) is 3.87. The molecule has 8 nitrogen and oxygen atoms in total. The molecule has 0 saturated carbocycles. The van der Waals surface area contributed by atoms with Gasteiger partial charge < -0.3 is 19.9 Å². The molecule has 0 saturated heterocycles. The number of nitrogens with one attached hydrogen (secondary N) is 2. The van der Waals surface area contributed by atoms with Crippen molar-refractivity contribution in [2.45, 2.75) is 32.0 Å². The highest BCUT2D eigenvalue weighted by Gasteiger charge is 2.13. The predicted octanol–water partition coefficient (Wildman–Crippen LogP) is 3.03. The van der Waals surface area contributed by atoms with Crippen molar-refractivity contribution in [2.24, 2.45) is 7.05 Å². The number of hydrogen-bond acceptors (Lipinski definition) is 6. The zero-order chi connectivity index (χ0) is 23.1. The molecule has 0 aliphatic carbocycles. The molecule has 32 heavy (non-hydrogen) atoms. The van der Waals surface area contributed by atoms with Gasteiger partial charge in [-0.2, -0.15) is 0 Å². The van der Waals surface area contributed by atoms with E-state index >= 15 is 0 Å². The highest BCUT2D eigenvalue weighted by atomic mass is 32.2. The Labute approximate surface area is 191 Å². The van der Waals surface area contributed by atoms with Crippen molar-refractivity contribution in [2.75, 3.05) is 18.2 Å². The van der Waals surface area contributed by atoms with Crippen LogP contribution in [0.15, 0.2) is 47.6 Å². The van der Waals surface area contributed by atoms with E-state index < -0.39 is 0 Å². The average Bonchev–Trinajstić information content (AvgIpc) is 3.10.